The lowest BCUT2D eigenvalue weighted by atomic mass is 9.85. The Kier molecular flexibility index (Phi) is 4.65. The molecule has 0 heterocycles. The molecular weight excluding hydrogens is 224 g/mol. The zero-order valence-corrected chi connectivity index (χ0v) is 11.4. The highest BCUT2D eigenvalue weighted by Crippen LogP contribution is 2.32. The van der Waals surface area contributed by atoms with Crippen LogP contribution in [0.4, 0.5) is 0 Å². The fourth-order valence-corrected chi connectivity index (χ4v) is 2.83. The predicted molar refractivity (Wildman–Crippen MR) is 73.7 cm³/mol. The normalized spacial score (nSPS) is 25.7. The summed E-state index contributed by atoms with van der Waals surface area (Å²) in [6.07, 6.45) is 6.01. The number of rotatable bonds is 4. The molecule has 3 atom stereocenters. The van der Waals surface area contributed by atoms with Gasteiger partial charge in [-0.1, -0.05) is 38.0 Å². The molecule has 0 amide bonds. The van der Waals surface area contributed by atoms with Crippen LogP contribution in [0.25, 0.3) is 0 Å². The van der Waals surface area contributed by atoms with E-state index >= 15 is 0 Å². The Balaban J connectivity index is 2.04. The monoisotopic (exact) mass is 248 g/mol. The Morgan fingerprint density at radius 1 is 1.33 bits per heavy atom. The van der Waals surface area contributed by atoms with Crippen molar-refractivity contribution in [2.24, 2.45) is 5.92 Å². The van der Waals surface area contributed by atoms with Gasteiger partial charge in [-0.2, -0.15) is 0 Å². The lowest BCUT2D eigenvalue weighted by Crippen LogP contribution is -2.25. The van der Waals surface area contributed by atoms with Crippen LogP contribution >= 0.6 is 0 Å². The van der Waals surface area contributed by atoms with Crippen molar-refractivity contribution in [3.63, 3.8) is 0 Å². The van der Waals surface area contributed by atoms with E-state index in [1.165, 1.54) is 19.3 Å². The summed E-state index contributed by atoms with van der Waals surface area (Å²) in [5, 5.41) is 9.75. The summed E-state index contributed by atoms with van der Waals surface area (Å²) in [5.74, 6) is 1.66. The van der Waals surface area contributed by atoms with Gasteiger partial charge in [0.15, 0.2) is 0 Å². The molecule has 1 aliphatic carbocycles. The van der Waals surface area contributed by atoms with Gasteiger partial charge in [-0.05, 0) is 38.2 Å². The van der Waals surface area contributed by atoms with Crippen LogP contribution in [0.15, 0.2) is 24.3 Å². The van der Waals surface area contributed by atoms with Crippen molar-refractivity contribution in [2.75, 3.05) is 0 Å². The molecule has 0 bridgehead atoms. The summed E-state index contributed by atoms with van der Waals surface area (Å²) in [6.45, 7) is 4.05. The van der Waals surface area contributed by atoms with Crippen LogP contribution < -0.4 is 4.74 Å². The van der Waals surface area contributed by atoms with E-state index in [-0.39, 0.29) is 0 Å². The number of para-hydroxylation sites is 1. The van der Waals surface area contributed by atoms with E-state index < -0.39 is 6.10 Å². The summed E-state index contributed by atoms with van der Waals surface area (Å²) in [6, 6.07) is 7.84. The van der Waals surface area contributed by atoms with Crippen molar-refractivity contribution in [1.82, 2.24) is 0 Å². The molecule has 0 aliphatic heterocycles. The van der Waals surface area contributed by atoms with E-state index in [9.17, 15) is 5.11 Å². The molecule has 100 valence electrons. The molecule has 1 N–H and O–H groups in total. The molecule has 1 aliphatic rings. The van der Waals surface area contributed by atoms with Crippen LogP contribution in [0, 0.1) is 5.92 Å². The number of aliphatic hydroxyl groups is 1. The fourth-order valence-electron chi connectivity index (χ4n) is 2.83. The topological polar surface area (TPSA) is 29.5 Å². The van der Waals surface area contributed by atoms with Crippen LogP contribution in [0.2, 0.25) is 0 Å². The molecule has 1 aromatic rings. The molecule has 0 spiro atoms. The number of hydrogen-bond donors (Lipinski definition) is 1. The van der Waals surface area contributed by atoms with E-state index in [1.807, 2.05) is 24.3 Å². The lowest BCUT2D eigenvalue weighted by Gasteiger charge is -2.29. The smallest absolute Gasteiger partial charge is 0.125 e. The quantitative estimate of drug-likeness (QED) is 0.869. The fraction of sp³-hybridized carbons (Fsp3) is 0.625. The van der Waals surface area contributed by atoms with Gasteiger partial charge in [0.2, 0.25) is 0 Å². The average molecular weight is 248 g/mol. The minimum atomic E-state index is -0.466. The Morgan fingerprint density at radius 2 is 2.11 bits per heavy atom. The second-order valence-electron chi connectivity index (χ2n) is 5.39. The first-order valence-electron chi connectivity index (χ1n) is 7.14. The van der Waals surface area contributed by atoms with Gasteiger partial charge in [-0.15, -0.1) is 0 Å². The van der Waals surface area contributed by atoms with E-state index in [1.54, 1.807) is 6.92 Å². The molecule has 0 radical (unpaired) electrons. The van der Waals surface area contributed by atoms with Crippen molar-refractivity contribution < 1.29 is 9.84 Å². The number of benzene rings is 1. The minimum Gasteiger partial charge on any atom is -0.490 e. The van der Waals surface area contributed by atoms with Crippen LogP contribution in [-0.4, -0.2) is 11.2 Å². The second kappa shape index (κ2) is 6.24. The molecule has 2 nitrogen and oxygen atoms in total. The minimum absolute atomic E-state index is 0.323. The third-order valence-corrected chi connectivity index (χ3v) is 3.97. The third-order valence-electron chi connectivity index (χ3n) is 3.97. The SMILES string of the molecule is CCC1CCCC(Oc2ccccc2[C@@H](C)O)C1. The summed E-state index contributed by atoms with van der Waals surface area (Å²) >= 11 is 0. The van der Waals surface area contributed by atoms with E-state index in [2.05, 4.69) is 6.92 Å². The Morgan fingerprint density at radius 3 is 2.83 bits per heavy atom. The Hall–Kier alpha value is -1.02. The number of aliphatic hydroxyl groups excluding tert-OH is 1. The van der Waals surface area contributed by atoms with Crippen LogP contribution in [0.3, 0.4) is 0 Å². The van der Waals surface area contributed by atoms with E-state index in [0.29, 0.717) is 6.10 Å². The summed E-state index contributed by atoms with van der Waals surface area (Å²) in [7, 11) is 0. The van der Waals surface area contributed by atoms with Gasteiger partial charge in [0.05, 0.1) is 12.2 Å². The van der Waals surface area contributed by atoms with Crippen molar-refractivity contribution >= 4 is 0 Å². The van der Waals surface area contributed by atoms with Gasteiger partial charge in [-0.25, -0.2) is 0 Å². The zero-order chi connectivity index (χ0) is 13.0. The first kappa shape index (κ1) is 13.4. The zero-order valence-electron chi connectivity index (χ0n) is 11.4. The molecule has 0 aromatic heterocycles. The summed E-state index contributed by atoms with van der Waals surface area (Å²) < 4.78 is 6.12. The summed E-state index contributed by atoms with van der Waals surface area (Å²) in [5.41, 5.74) is 0.899. The van der Waals surface area contributed by atoms with Gasteiger partial charge in [0.1, 0.15) is 5.75 Å². The van der Waals surface area contributed by atoms with Crippen molar-refractivity contribution in [1.29, 1.82) is 0 Å². The van der Waals surface area contributed by atoms with Gasteiger partial charge in [0.25, 0.3) is 0 Å². The van der Waals surface area contributed by atoms with Crippen molar-refractivity contribution in [3.8, 4) is 5.75 Å². The maximum Gasteiger partial charge on any atom is 0.125 e. The maximum absolute atomic E-state index is 9.75. The molecule has 2 rings (SSSR count). The van der Waals surface area contributed by atoms with Crippen molar-refractivity contribution in [2.45, 2.75) is 58.2 Å². The highest BCUT2D eigenvalue weighted by molar-refractivity contribution is 5.34. The third kappa shape index (κ3) is 3.26. The Labute approximate surface area is 110 Å². The Bertz CT molecular complexity index is 373. The first-order valence-corrected chi connectivity index (χ1v) is 7.14. The summed E-state index contributed by atoms with van der Waals surface area (Å²) in [4.78, 5) is 0. The number of hydrogen-bond acceptors (Lipinski definition) is 2. The van der Waals surface area contributed by atoms with Crippen molar-refractivity contribution in [3.05, 3.63) is 29.8 Å². The van der Waals surface area contributed by atoms with E-state index in [0.717, 1.165) is 30.1 Å². The lowest BCUT2D eigenvalue weighted by molar-refractivity contribution is 0.115. The molecule has 2 unspecified atom stereocenters. The average Bonchev–Trinajstić information content (AvgIpc) is 2.39. The number of ether oxygens (including phenoxy) is 1. The van der Waals surface area contributed by atoms with Crippen LogP contribution in [0.1, 0.15) is 57.6 Å². The van der Waals surface area contributed by atoms with Gasteiger partial charge >= 0.3 is 0 Å². The van der Waals surface area contributed by atoms with Gasteiger partial charge in [0, 0.05) is 5.56 Å². The molecule has 1 aromatic carbocycles. The van der Waals surface area contributed by atoms with Gasteiger partial charge in [-0.3, -0.25) is 0 Å². The highest BCUT2D eigenvalue weighted by Gasteiger charge is 2.23. The van der Waals surface area contributed by atoms with Crippen LogP contribution in [0.5, 0.6) is 5.75 Å². The molecule has 1 saturated carbocycles. The van der Waals surface area contributed by atoms with Crippen LogP contribution in [-0.2, 0) is 0 Å². The first-order chi connectivity index (χ1) is 8.70. The maximum atomic E-state index is 9.75. The second-order valence-corrected chi connectivity index (χ2v) is 5.39. The molecular formula is C16H24O2. The van der Waals surface area contributed by atoms with E-state index in [4.69, 9.17) is 4.74 Å². The molecule has 2 heteroatoms. The molecule has 1 fully saturated rings. The molecule has 18 heavy (non-hydrogen) atoms. The van der Waals surface area contributed by atoms with Gasteiger partial charge < -0.3 is 9.84 Å². The standard InChI is InChI=1S/C16H24O2/c1-3-13-7-6-8-14(11-13)18-16-10-5-4-9-15(16)12(2)17/h4-5,9-10,12-14,17H,3,6-8,11H2,1-2H3/t12-,13?,14?/m1/s1. The predicted octanol–water partition coefficient (Wildman–Crippen LogP) is 4.09. The molecule has 0 saturated heterocycles. The largest absolute Gasteiger partial charge is 0.490 e. The highest BCUT2D eigenvalue weighted by atomic mass is 16.5.